The lowest BCUT2D eigenvalue weighted by atomic mass is 10.3. The summed E-state index contributed by atoms with van der Waals surface area (Å²) in [5.41, 5.74) is 0. The average molecular weight is 216 g/mol. The van der Waals surface area contributed by atoms with Crippen molar-refractivity contribution in [2.45, 2.75) is 0 Å². The van der Waals surface area contributed by atoms with E-state index in [0.29, 0.717) is 17.3 Å². The molecule has 0 fully saturated rings. The maximum absolute atomic E-state index is 10.0. The van der Waals surface area contributed by atoms with E-state index < -0.39 is 0 Å². The van der Waals surface area contributed by atoms with Crippen LogP contribution < -0.4 is 0 Å². The first kappa shape index (κ1) is 12.4. The van der Waals surface area contributed by atoms with Crippen molar-refractivity contribution in [1.82, 2.24) is 0 Å². The molecule has 0 aliphatic heterocycles. The Bertz CT molecular complexity index is 231. The van der Waals surface area contributed by atoms with Crippen molar-refractivity contribution in [3.63, 3.8) is 0 Å². The van der Waals surface area contributed by atoms with Crippen molar-refractivity contribution in [3.8, 4) is 5.75 Å². The van der Waals surface area contributed by atoms with Gasteiger partial charge < -0.3 is 5.11 Å². The number of hydrogen-bond acceptors (Lipinski definition) is 4. The van der Waals surface area contributed by atoms with Crippen LogP contribution in [0.5, 0.6) is 5.75 Å². The van der Waals surface area contributed by atoms with Crippen LogP contribution in [0.15, 0.2) is 30.3 Å². The molecule has 0 atom stereocenters. The first-order chi connectivity index (χ1) is 6.20. The zero-order chi connectivity index (χ0) is 10.1. The van der Waals surface area contributed by atoms with Crippen molar-refractivity contribution in [2.75, 3.05) is 11.5 Å². The van der Waals surface area contributed by atoms with E-state index in [1.807, 2.05) is 6.07 Å². The average Bonchev–Trinajstić information content (AvgIpc) is 2.19. The van der Waals surface area contributed by atoms with Gasteiger partial charge in [-0.2, -0.15) is 25.3 Å². The van der Waals surface area contributed by atoms with E-state index in [1.165, 1.54) is 0 Å². The number of aromatic hydroxyl groups is 1. The van der Waals surface area contributed by atoms with E-state index in [0.717, 1.165) is 0 Å². The number of carbonyl (C=O) groups is 1. The molecule has 0 radical (unpaired) electrons. The standard InChI is InChI=1S/C6H6O.C3H6OS2/c7-6-4-2-1-3-5-6;4-3(1-5)2-6/h1-5,7H;5-6H,1-2H2. The SMILES string of the molecule is O=C(CS)CS.Oc1ccccc1. The number of rotatable bonds is 2. The maximum atomic E-state index is 10.0. The molecule has 0 aromatic heterocycles. The third-order valence-corrected chi connectivity index (χ3v) is 1.81. The van der Waals surface area contributed by atoms with Gasteiger partial charge in [0, 0.05) is 0 Å². The second-order valence-corrected chi connectivity index (χ2v) is 2.82. The summed E-state index contributed by atoms with van der Waals surface area (Å²) in [5.74, 6) is 1.01. The van der Waals surface area contributed by atoms with Crippen LogP contribution in [0.4, 0.5) is 0 Å². The predicted octanol–water partition coefficient (Wildman–Crippen LogP) is 1.81. The van der Waals surface area contributed by atoms with Crippen LogP contribution in [0.3, 0.4) is 0 Å². The molecule has 13 heavy (non-hydrogen) atoms. The molecule has 1 aromatic rings. The summed E-state index contributed by atoms with van der Waals surface area (Å²) in [5, 5.41) is 8.63. The van der Waals surface area contributed by atoms with E-state index >= 15 is 0 Å². The molecule has 72 valence electrons. The molecule has 0 unspecified atom stereocenters. The number of phenolic OH excluding ortho intramolecular Hbond substituents is 1. The molecular weight excluding hydrogens is 204 g/mol. The second kappa shape index (κ2) is 8.01. The first-order valence-electron chi connectivity index (χ1n) is 3.68. The van der Waals surface area contributed by atoms with E-state index in [2.05, 4.69) is 25.3 Å². The highest BCUT2D eigenvalue weighted by Gasteiger charge is 1.88. The minimum Gasteiger partial charge on any atom is -0.508 e. The number of hydrogen-bond donors (Lipinski definition) is 3. The van der Waals surface area contributed by atoms with Crippen LogP contribution in [0.25, 0.3) is 0 Å². The van der Waals surface area contributed by atoms with Crippen LogP contribution in [-0.4, -0.2) is 22.4 Å². The van der Waals surface area contributed by atoms with Gasteiger partial charge in [-0.05, 0) is 12.1 Å². The molecule has 1 aromatic carbocycles. The summed E-state index contributed by atoms with van der Waals surface area (Å²) in [7, 11) is 0. The van der Waals surface area contributed by atoms with Gasteiger partial charge in [-0.15, -0.1) is 0 Å². The summed E-state index contributed by atoms with van der Waals surface area (Å²) in [6.07, 6.45) is 0. The Balaban J connectivity index is 0.000000226. The zero-order valence-electron chi connectivity index (χ0n) is 7.05. The number of carbonyl (C=O) groups excluding carboxylic acids is 1. The largest absolute Gasteiger partial charge is 0.508 e. The van der Waals surface area contributed by atoms with Gasteiger partial charge in [-0.25, -0.2) is 0 Å². The van der Waals surface area contributed by atoms with Gasteiger partial charge in [0.25, 0.3) is 0 Å². The first-order valence-corrected chi connectivity index (χ1v) is 4.94. The highest BCUT2D eigenvalue weighted by atomic mass is 32.1. The molecule has 0 amide bonds. The highest BCUT2D eigenvalue weighted by molar-refractivity contribution is 7.82. The predicted molar refractivity (Wildman–Crippen MR) is 60.8 cm³/mol. The smallest absolute Gasteiger partial charge is 0.152 e. The third kappa shape index (κ3) is 7.74. The fourth-order valence-electron chi connectivity index (χ4n) is 0.478. The van der Waals surface area contributed by atoms with Gasteiger partial charge in [0.2, 0.25) is 0 Å². The lowest BCUT2D eigenvalue weighted by Gasteiger charge is -1.82. The minimum absolute atomic E-state index is 0.0710. The van der Waals surface area contributed by atoms with Gasteiger partial charge in [-0.1, -0.05) is 18.2 Å². The molecule has 0 bridgehead atoms. The molecule has 0 aliphatic carbocycles. The Kier molecular flexibility index (Phi) is 7.63. The lowest BCUT2D eigenvalue weighted by Crippen LogP contribution is -1.98. The summed E-state index contributed by atoms with van der Waals surface area (Å²) in [6.45, 7) is 0. The highest BCUT2D eigenvalue weighted by Crippen LogP contribution is 2.02. The van der Waals surface area contributed by atoms with E-state index in [-0.39, 0.29) is 5.78 Å². The molecular formula is C9H12O2S2. The zero-order valence-corrected chi connectivity index (χ0v) is 8.84. The molecule has 0 spiro atoms. The second-order valence-electron chi connectivity index (χ2n) is 2.19. The Morgan fingerprint density at radius 2 is 1.62 bits per heavy atom. The van der Waals surface area contributed by atoms with Crippen molar-refractivity contribution in [2.24, 2.45) is 0 Å². The Labute approximate surface area is 88.8 Å². The fraction of sp³-hybridized carbons (Fsp3) is 0.222. The van der Waals surface area contributed by atoms with Crippen LogP contribution in [0.2, 0.25) is 0 Å². The Morgan fingerprint density at radius 3 is 1.77 bits per heavy atom. The monoisotopic (exact) mass is 216 g/mol. The van der Waals surface area contributed by atoms with Crippen molar-refractivity contribution in [1.29, 1.82) is 0 Å². The summed E-state index contributed by atoms with van der Waals surface area (Å²) >= 11 is 7.39. The fourth-order valence-corrected chi connectivity index (χ4v) is 0.878. The maximum Gasteiger partial charge on any atom is 0.152 e. The number of phenols is 1. The van der Waals surface area contributed by atoms with Gasteiger partial charge in [0.15, 0.2) is 5.78 Å². The number of para-hydroxylation sites is 1. The number of Topliss-reactive ketones (excluding diaryl/α,β-unsaturated/α-hetero) is 1. The normalized spacial score (nSPS) is 8.46. The van der Waals surface area contributed by atoms with E-state index in [9.17, 15) is 4.79 Å². The molecule has 4 heteroatoms. The number of benzene rings is 1. The Hall–Kier alpha value is -0.610. The van der Waals surface area contributed by atoms with Crippen LogP contribution >= 0.6 is 25.3 Å². The molecule has 0 saturated carbocycles. The molecule has 2 nitrogen and oxygen atoms in total. The van der Waals surface area contributed by atoms with Gasteiger partial charge in [0.1, 0.15) is 5.75 Å². The van der Waals surface area contributed by atoms with Crippen molar-refractivity contribution in [3.05, 3.63) is 30.3 Å². The van der Waals surface area contributed by atoms with E-state index in [1.54, 1.807) is 24.3 Å². The van der Waals surface area contributed by atoms with Crippen LogP contribution in [0, 0.1) is 0 Å². The van der Waals surface area contributed by atoms with Crippen LogP contribution in [0.1, 0.15) is 0 Å². The van der Waals surface area contributed by atoms with Crippen molar-refractivity contribution >= 4 is 31.0 Å². The van der Waals surface area contributed by atoms with Crippen molar-refractivity contribution < 1.29 is 9.90 Å². The van der Waals surface area contributed by atoms with Gasteiger partial charge in [-0.3, -0.25) is 4.79 Å². The number of ketones is 1. The van der Waals surface area contributed by atoms with Crippen LogP contribution in [-0.2, 0) is 4.79 Å². The topological polar surface area (TPSA) is 37.3 Å². The van der Waals surface area contributed by atoms with Gasteiger partial charge >= 0.3 is 0 Å². The lowest BCUT2D eigenvalue weighted by molar-refractivity contribution is -0.114. The summed E-state index contributed by atoms with van der Waals surface area (Å²) in [4.78, 5) is 10.0. The Morgan fingerprint density at radius 1 is 1.15 bits per heavy atom. The van der Waals surface area contributed by atoms with E-state index in [4.69, 9.17) is 5.11 Å². The number of thiol groups is 2. The minimum atomic E-state index is 0.0710. The molecule has 0 aliphatic rings. The summed E-state index contributed by atoms with van der Waals surface area (Å²) in [6, 6.07) is 8.71. The quantitative estimate of drug-likeness (QED) is 0.660. The molecule has 1 N–H and O–H groups in total. The molecule has 0 saturated heterocycles. The molecule has 0 heterocycles. The third-order valence-electron chi connectivity index (χ3n) is 1.11. The molecule has 1 rings (SSSR count). The van der Waals surface area contributed by atoms with Gasteiger partial charge in [0.05, 0.1) is 11.5 Å². The summed E-state index contributed by atoms with van der Waals surface area (Å²) < 4.78 is 0.